The van der Waals surface area contributed by atoms with Crippen LogP contribution in [0.4, 0.5) is 11.4 Å². The van der Waals surface area contributed by atoms with E-state index in [-0.39, 0.29) is 17.3 Å². The van der Waals surface area contributed by atoms with Crippen molar-refractivity contribution in [2.24, 2.45) is 5.92 Å². The summed E-state index contributed by atoms with van der Waals surface area (Å²) in [5.74, 6) is -1.42. The maximum absolute atomic E-state index is 14.0. The molecule has 0 spiro atoms. The van der Waals surface area contributed by atoms with E-state index in [2.05, 4.69) is 5.32 Å². The molecule has 2 aliphatic rings. The lowest BCUT2D eigenvalue weighted by Crippen LogP contribution is -2.33. The SMILES string of the molecule is COc1ccc(NC(=O)Cn2c3c(sc2=O)[C@@H](c2ccccc2OC)[C@@H]2C(=O)N(c4ccc(Cl)cc4)C(=O)[C@@H]2S3)cc1. The fourth-order valence-corrected chi connectivity index (χ4v) is 8.27. The number of carbonyl (C=O) groups excluding carboxylic acids is 3. The van der Waals surface area contributed by atoms with Crippen molar-refractivity contribution in [2.45, 2.75) is 22.7 Å². The number of hydrogen-bond donors (Lipinski definition) is 1. The van der Waals surface area contributed by atoms with Gasteiger partial charge < -0.3 is 14.8 Å². The molecule has 3 heterocycles. The van der Waals surface area contributed by atoms with E-state index in [1.165, 1.54) is 16.6 Å². The lowest BCUT2D eigenvalue weighted by molar-refractivity contribution is -0.122. The van der Waals surface area contributed by atoms with Crippen LogP contribution < -0.4 is 24.6 Å². The second kappa shape index (κ2) is 11.3. The van der Waals surface area contributed by atoms with Gasteiger partial charge in [0.2, 0.25) is 17.7 Å². The van der Waals surface area contributed by atoms with E-state index in [1.54, 1.807) is 61.7 Å². The van der Waals surface area contributed by atoms with Gasteiger partial charge in [-0.25, -0.2) is 4.90 Å². The Labute approximate surface area is 254 Å². The fourth-order valence-electron chi connectivity index (χ4n) is 5.38. The number of hydrogen-bond acceptors (Lipinski definition) is 8. The maximum atomic E-state index is 14.0. The Morgan fingerprint density at radius 3 is 2.33 bits per heavy atom. The first-order chi connectivity index (χ1) is 20.3. The van der Waals surface area contributed by atoms with Crippen molar-refractivity contribution in [3.05, 3.63) is 97.9 Å². The van der Waals surface area contributed by atoms with E-state index >= 15 is 0 Å². The minimum Gasteiger partial charge on any atom is -0.497 e. The topological polar surface area (TPSA) is 107 Å². The van der Waals surface area contributed by atoms with E-state index in [0.717, 1.165) is 23.1 Å². The third kappa shape index (κ3) is 4.87. The number of para-hydroxylation sites is 1. The first kappa shape index (κ1) is 28.1. The summed E-state index contributed by atoms with van der Waals surface area (Å²) < 4.78 is 12.2. The number of imide groups is 1. The Balaban J connectivity index is 1.41. The van der Waals surface area contributed by atoms with Crippen LogP contribution in [-0.2, 0) is 20.9 Å². The number of carbonyl (C=O) groups is 3. The number of thioether (sulfide) groups is 1. The van der Waals surface area contributed by atoms with Crippen LogP contribution in [0.1, 0.15) is 16.4 Å². The highest BCUT2D eigenvalue weighted by Gasteiger charge is 2.57. The van der Waals surface area contributed by atoms with Gasteiger partial charge in [-0.15, -0.1) is 0 Å². The van der Waals surface area contributed by atoms with Crippen molar-refractivity contribution in [3.8, 4) is 11.5 Å². The number of nitrogens with zero attached hydrogens (tertiary/aromatic N) is 2. The second-order valence-corrected chi connectivity index (χ2v) is 12.2. The summed E-state index contributed by atoms with van der Waals surface area (Å²) in [4.78, 5) is 55.7. The van der Waals surface area contributed by atoms with E-state index < -0.39 is 28.9 Å². The summed E-state index contributed by atoms with van der Waals surface area (Å²) in [5, 5.41) is 2.96. The third-order valence-corrected chi connectivity index (χ3v) is 10.1. The molecule has 1 aromatic heterocycles. The lowest BCUT2D eigenvalue weighted by Gasteiger charge is -2.31. The molecular weight excluding hydrogens is 598 g/mol. The predicted octanol–water partition coefficient (Wildman–Crippen LogP) is 5.01. The van der Waals surface area contributed by atoms with Gasteiger partial charge in [0, 0.05) is 27.1 Å². The minimum absolute atomic E-state index is 0.261. The zero-order valence-electron chi connectivity index (χ0n) is 22.4. The normalized spacial score (nSPS) is 19.3. The van der Waals surface area contributed by atoms with Crippen molar-refractivity contribution in [1.82, 2.24) is 4.57 Å². The molecule has 6 rings (SSSR count). The minimum atomic E-state index is -0.819. The number of methoxy groups -OCH3 is 2. The number of ether oxygens (including phenoxy) is 2. The first-order valence-corrected chi connectivity index (χ1v) is 15.0. The van der Waals surface area contributed by atoms with Crippen molar-refractivity contribution < 1.29 is 23.9 Å². The summed E-state index contributed by atoms with van der Waals surface area (Å²) in [6, 6.07) is 20.6. The van der Waals surface area contributed by atoms with Crippen LogP contribution in [0.2, 0.25) is 5.02 Å². The largest absolute Gasteiger partial charge is 0.497 e. The number of aromatic nitrogens is 1. The number of fused-ring (bicyclic) bond motifs is 2. The van der Waals surface area contributed by atoms with E-state index in [4.69, 9.17) is 21.1 Å². The Morgan fingerprint density at radius 1 is 0.929 bits per heavy atom. The van der Waals surface area contributed by atoms with Gasteiger partial charge in [0.25, 0.3) is 0 Å². The monoisotopic (exact) mass is 621 g/mol. The highest BCUT2D eigenvalue weighted by Crippen LogP contribution is 2.55. The molecule has 0 aliphatic carbocycles. The highest BCUT2D eigenvalue weighted by molar-refractivity contribution is 8.00. The molecule has 9 nitrogen and oxygen atoms in total. The molecule has 214 valence electrons. The molecule has 1 N–H and O–H groups in total. The van der Waals surface area contributed by atoms with Crippen molar-refractivity contribution >= 4 is 63.8 Å². The fraction of sp³-hybridized carbons (Fsp3) is 0.200. The van der Waals surface area contributed by atoms with Gasteiger partial charge in [-0.1, -0.05) is 52.9 Å². The van der Waals surface area contributed by atoms with Gasteiger partial charge >= 0.3 is 4.87 Å². The average molecular weight is 622 g/mol. The van der Waals surface area contributed by atoms with Crippen molar-refractivity contribution in [1.29, 1.82) is 0 Å². The number of amides is 3. The van der Waals surface area contributed by atoms with Gasteiger partial charge in [-0.2, -0.15) is 0 Å². The molecule has 0 bridgehead atoms. The predicted molar refractivity (Wildman–Crippen MR) is 162 cm³/mol. The number of halogens is 1. The van der Waals surface area contributed by atoms with Crippen molar-refractivity contribution in [3.63, 3.8) is 0 Å². The number of rotatable bonds is 7. The quantitative estimate of drug-likeness (QED) is 0.289. The van der Waals surface area contributed by atoms with E-state index in [9.17, 15) is 19.2 Å². The Kier molecular flexibility index (Phi) is 7.56. The van der Waals surface area contributed by atoms with Crippen molar-refractivity contribution in [2.75, 3.05) is 24.4 Å². The van der Waals surface area contributed by atoms with Crippen LogP contribution in [0, 0.1) is 5.92 Å². The van der Waals surface area contributed by atoms with Crippen LogP contribution in [0.5, 0.6) is 11.5 Å². The molecule has 3 aromatic carbocycles. The molecule has 42 heavy (non-hydrogen) atoms. The molecule has 0 saturated carbocycles. The van der Waals surface area contributed by atoms with Crippen LogP contribution in [0.3, 0.4) is 0 Å². The summed E-state index contributed by atoms with van der Waals surface area (Å²) >= 11 is 8.19. The summed E-state index contributed by atoms with van der Waals surface area (Å²) in [6.45, 7) is -0.261. The number of anilines is 2. The van der Waals surface area contributed by atoms with Crippen LogP contribution in [0.25, 0.3) is 0 Å². The Hall–Kier alpha value is -4.06. The molecule has 4 aromatic rings. The molecule has 1 saturated heterocycles. The first-order valence-electron chi connectivity index (χ1n) is 12.9. The molecule has 3 amide bonds. The van der Waals surface area contributed by atoms with E-state index in [0.29, 0.717) is 43.4 Å². The van der Waals surface area contributed by atoms with Crippen LogP contribution in [0.15, 0.2) is 82.6 Å². The second-order valence-electron chi connectivity index (χ2n) is 9.67. The molecule has 3 atom stereocenters. The standard InChI is InChI=1S/C30H24ClN3O6S2/c1-39-19-13-9-17(10-14-19)32-22(35)15-33-29-26(42-30(33)38)23(20-5-3-4-6-21(20)40-2)24-25(41-29)28(37)34(27(24)36)18-11-7-16(31)8-12-18/h3-14,23-25H,15H2,1-2H3,(H,32,35)/t23-,24-,25+/m0/s1. The zero-order chi connectivity index (χ0) is 29.5. The summed E-state index contributed by atoms with van der Waals surface area (Å²) in [7, 11) is 3.09. The molecule has 0 radical (unpaired) electrons. The smallest absolute Gasteiger partial charge is 0.308 e. The van der Waals surface area contributed by atoms with Gasteiger partial charge in [0.05, 0.1) is 30.9 Å². The van der Waals surface area contributed by atoms with Gasteiger partial charge in [-0.05, 0) is 54.6 Å². The molecule has 1 fully saturated rings. The van der Waals surface area contributed by atoms with Gasteiger partial charge in [-0.3, -0.25) is 23.7 Å². The lowest BCUT2D eigenvalue weighted by atomic mass is 9.82. The summed E-state index contributed by atoms with van der Waals surface area (Å²) in [5.41, 5.74) is 1.65. The molecular formula is C30H24ClN3O6S2. The number of nitrogens with one attached hydrogen (secondary N) is 1. The van der Waals surface area contributed by atoms with E-state index in [1.807, 2.05) is 18.2 Å². The van der Waals surface area contributed by atoms with Crippen LogP contribution >= 0.6 is 34.7 Å². The third-order valence-electron chi connectivity index (χ3n) is 7.28. The van der Waals surface area contributed by atoms with Gasteiger partial charge in [0.15, 0.2) is 0 Å². The zero-order valence-corrected chi connectivity index (χ0v) is 24.8. The number of benzene rings is 3. The molecule has 0 unspecified atom stereocenters. The van der Waals surface area contributed by atoms with Gasteiger partial charge in [0.1, 0.15) is 23.3 Å². The average Bonchev–Trinajstić information content (AvgIpc) is 3.44. The maximum Gasteiger partial charge on any atom is 0.308 e. The Morgan fingerprint density at radius 2 is 1.64 bits per heavy atom. The van der Waals surface area contributed by atoms with Crippen LogP contribution in [-0.4, -0.2) is 41.8 Å². The molecule has 2 aliphatic heterocycles. The molecule has 12 heteroatoms. The summed E-state index contributed by atoms with van der Waals surface area (Å²) in [6.07, 6.45) is 0. The number of thiazole rings is 1. The Bertz CT molecular complexity index is 1750. The highest BCUT2D eigenvalue weighted by atomic mass is 35.5.